The van der Waals surface area contributed by atoms with Gasteiger partial charge >= 0.3 is 0 Å². The van der Waals surface area contributed by atoms with Gasteiger partial charge in [-0.15, -0.1) is 0 Å². The van der Waals surface area contributed by atoms with Gasteiger partial charge in [0.1, 0.15) is 11.3 Å². The number of rotatable bonds is 7. The molecule has 1 saturated heterocycles. The monoisotopic (exact) mass is 388 g/mol. The molecule has 3 rings (SSSR count). The summed E-state index contributed by atoms with van der Waals surface area (Å²) < 4.78 is 11.4. The lowest BCUT2D eigenvalue weighted by atomic mass is 10.1. The number of hydrogen-bond acceptors (Lipinski definition) is 5. The Labute approximate surface area is 165 Å². The molecule has 0 atom stereocenters. The maximum Gasteiger partial charge on any atom is 0.186 e. The van der Waals surface area contributed by atoms with E-state index in [0.29, 0.717) is 5.11 Å². The molecule has 1 aromatic carbocycles. The van der Waals surface area contributed by atoms with Gasteiger partial charge in [0, 0.05) is 30.6 Å². The van der Waals surface area contributed by atoms with Crippen molar-refractivity contribution in [2.45, 2.75) is 26.7 Å². The van der Waals surface area contributed by atoms with E-state index in [2.05, 4.69) is 33.7 Å². The molecule has 2 heterocycles. The Morgan fingerprint density at radius 1 is 1.26 bits per heavy atom. The van der Waals surface area contributed by atoms with Crippen molar-refractivity contribution in [3.8, 4) is 0 Å². The van der Waals surface area contributed by atoms with Crippen molar-refractivity contribution in [3.63, 3.8) is 0 Å². The van der Waals surface area contributed by atoms with E-state index in [1.165, 1.54) is 5.56 Å². The van der Waals surface area contributed by atoms with E-state index in [1.54, 1.807) is 0 Å². The fourth-order valence-corrected chi connectivity index (χ4v) is 3.44. The molecule has 0 amide bonds. The lowest BCUT2D eigenvalue weighted by molar-refractivity contribution is 0.0376. The second kappa shape index (κ2) is 9.82. The molecule has 1 fully saturated rings. The van der Waals surface area contributed by atoms with Crippen LogP contribution in [-0.4, -0.2) is 55.1 Å². The summed E-state index contributed by atoms with van der Waals surface area (Å²) in [6, 6.07) is 8.08. The van der Waals surface area contributed by atoms with Crippen LogP contribution in [0.5, 0.6) is 0 Å². The predicted octanol–water partition coefficient (Wildman–Crippen LogP) is 2.91. The van der Waals surface area contributed by atoms with Crippen LogP contribution in [0.15, 0.2) is 33.8 Å². The van der Waals surface area contributed by atoms with Crippen molar-refractivity contribution in [1.82, 2.24) is 15.6 Å². The largest absolute Gasteiger partial charge is 0.454 e. The van der Waals surface area contributed by atoms with Crippen LogP contribution in [0.3, 0.4) is 0 Å². The molecule has 0 spiro atoms. The van der Waals surface area contributed by atoms with Crippen LogP contribution in [0.2, 0.25) is 0 Å². The molecule has 2 aromatic rings. The summed E-state index contributed by atoms with van der Waals surface area (Å²) in [7, 11) is 0. The first-order valence-corrected chi connectivity index (χ1v) is 9.99. The van der Waals surface area contributed by atoms with Gasteiger partial charge in [-0.05, 0) is 44.6 Å². The summed E-state index contributed by atoms with van der Waals surface area (Å²) in [6.07, 6.45) is 1.93. The highest BCUT2D eigenvalue weighted by molar-refractivity contribution is 7.80. The van der Waals surface area contributed by atoms with Gasteiger partial charge in [0.25, 0.3) is 0 Å². The fourth-order valence-electron chi connectivity index (χ4n) is 3.30. The third kappa shape index (κ3) is 5.28. The van der Waals surface area contributed by atoms with E-state index >= 15 is 0 Å². The average Bonchev–Trinajstić information content (AvgIpc) is 3.09. The smallest absolute Gasteiger partial charge is 0.186 e. The van der Waals surface area contributed by atoms with Gasteiger partial charge in [0.2, 0.25) is 0 Å². The molecule has 0 bridgehead atoms. The van der Waals surface area contributed by atoms with Gasteiger partial charge in [-0.3, -0.25) is 10.3 Å². The summed E-state index contributed by atoms with van der Waals surface area (Å²) in [5.41, 5.74) is 5.79. The summed E-state index contributed by atoms with van der Waals surface area (Å²) in [6.45, 7) is 9.65. The fraction of sp³-hybridized carbons (Fsp3) is 0.500. The van der Waals surface area contributed by atoms with Crippen LogP contribution in [0.4, 0.5) is 0 Å². The minimum Gasteiger partial charge on any atom is -0.454 e. The third-order valence-electron chi connectivity index (χ3n) is 4.75. The Kier molecular flexibility index (Phi) is 7.20. The molecule has 146 valence electrons. The summed E-state index contributed by atoms with van der Waals surface area (Å²) in [5, 5.41) is 9.30. The SMILES string of the molecule is CCc1c(/C(C)=N\NC(=S)NCCCN2CCOCC2)oc2ccccc12. The number of nitrogens with one attached hydrogen (secondary N) is 2. The quantitative estimate of drug-likeness (QED) is 0.329. The van der Waals surface area contributed by atoms with E-state index in [4.69, 9.17) is 21.4 Å². The second-order valence-corrected chi connectivity index (χ2v) is 7.04. The van der Waals surface area contributed by atoms with Crippen LogP contribution in [0, 0.1) is 0 Å². The Bertz CT molecular complexity index is 796. The predicted molar refractivity (Wildman–Crippen MR) is 113 cm³/mol. The number of benzene rings is 1. The number of nitrogens with zero attached hydrogens (tertiary/aromatic N) is 2. The van der Waals surface area contributed by atoms with Gasteiger partial charge in [-0.2, -0.15) is 5.10 Å². The van der Waals surface area contributed by atoms with Crippen molar-refractivity contribution < 1.29 is 9.15 Å². The Hall–Kier alpha value is -1.96. The molecule has 1 aromatic heterocycles. The number of morpholine rings is 1. The molecular formula is C20H28N4O2S. The third-order valence-corrected chi connectivity index (χ3v) is 4.98. The molecule has 1 aliphatic rings. The topological polar surface area (TPSA) is 62.0 Å². The minimum absolute atomic E-state index is 0.533. The van der Waals surface area contributed by atoms with E-state index in [1.807, 2.05) is 25.1 Å². The average molecular weight is 389 g/mol. The van der Waals surface area contributed by atoms with Crippen LogP contribution in [0.25, 0.3) is 11.0 Å². The van der Waals surface area contributed by atoms with Crippen molar-refractivity contribution >= 4 is 34.0 Å². The number of hydrogen-bond donors (Lipinski definition) is 2. The highest BCUT2D eigenvalue weighted by Gasteiger charge is 2.15. The van der Waals surface area contributed by atoms with E-state index in [9.17, 15) is 0 Å². The Balaban J connectivity index is 1.49. The molecule has 1 aliphatic heterocycles. The number of para-hydroxylation sites is 1. The molecule has 6 nitrogen and oxygen atoms in total. The molecular weight excluding hydrogens is 360 g/mol. The highest BCUT2D eigenvalue weighted by atomic mass is 32.1. The highest BCUT2D eigenvalue weighted by Crippen LogP contribution is 2.26. The number of ether oxygens (including phenoxy) is 1. The van der Waals surface area contributed by atoms with Crippen LogP contribution in [-0.2, 0) is 11.2 Å². The number of furan rings is 1. The molecule has 0 unspecified atom stereocenters. The molecule has 7 heteroatoms. The number of aryl methyl sites for hydroxylation is 1. The van der Waals surface area contributed by atoms with E-state index in [0.717, 1.165) is 74.7 Å². The number of fused-ring (bicyclic) bond motifs is 1. The molecule has 27 heavy (non-hydrogen) atoms. The van der Waals surface area contributed by atoms with Crippen LogP contribution >= 0.6 is 12.2 Å². The number of hydrazone groups is 1. The zero-order valence-electron chi connectivity index (χ0n) is 16.1. The van der Waals surface area contributed by atoms with E-state index < -0.39 is 0 Å². The van der Waals surface area contributed by atoms with Gasteiger partial charge in [0.15, 0.2) is 10.9 Å². The summed E-state index contributed by atoms with van der Waals surface area (Å²) in [4.78, 5) is 2.41. The second-order valence-electron chi connectivity index (χ2n) is 6.63. The maximum absolute atomic E-state index is 6.00. The standard InChI is InChI=1S/C20H28N4O2S/c1-3-16-17-7-4-5-8-18(17)26-19(16)15(2)22-23-20(27)21-9-6-10-24-11-13-25-14-12-24/h4-5,7-8H,3,6,9-14H2,1-2H3,(H2,21,23,27)/b22-15-. The van der Waals surface area contributed by atoms with Crippen molar-refractivity contribution in [2.24, 2.45) is 5.10 Å². The molecule has 2 N–H and O–H groups in total. The van der Waals surface area contributed by atoms with Crippen LogP contribution < -0.4 is 10.7 Å². The van der Waals surface area contributed by atoms with Crippen molar-refractivity contribution in [3.05, 3.63) is 35.6 Å². The minimum atomic E-state index is 0.533. The Morgan fingerprint density at radius 3 is 2.81 bits per heavy atom. The normalized spacial score (nSPS) is 15.9. The first-order valence-electron chi connectivity index (χ1n) is 9.58. The van der Waals surface area contributed by atoms with Crippen LogP contribution in [0.1, 0.15) is 31.6 Å². The Morgan fingerprint density at radius 2 is 2.04 bits per heavy atom. The van der Waals surface area contributed by atoms with E-state index in [-0.39, 0.29) is 0 Å². The first-order chi connectivity index (χ1) is 13.2. The molecule has 0 radical (unpaired) electrons. The number of thiocarbonyl (C=S) groups is 1. The lowest BCUT2D eigenvalue weighted by Crippen LogP contribution is -2.39. The molecule has 0 saturated carbocycles. The lowest BCUT2D eigenvalue weighted by Gasteiger charge is -2.26. The maximum atomic E-state index is 6.00. The zero-order chi connectivity index (χ0) is 19.1. The van der Waals surface area contributed by atoms with Gasteiger partial charge in [-0.1, -0.05) is 25.1 Å². The summed E-state index contributed by atoms with van der Waals surface area (Å²) >= 11 is 5.32. The van der Waals surface area contributed by atoms with Gasteiger partial charge in [-0.25, -0.2) is 0 Å². The zero-order valence-corrected chi connectivity index (χ0v) is 16.9. The molecule has 0 aliphatic carbocycles. The van der Waals surface area contributed by atoms with Gasteiger partial charge in [0.05, 0.1) is 13.2 Å². The van der Waals surface area contributed by atoms with Crippen molar-refractivity contribution in [1.29, 1.82) is 0 Å². The van der Waals surface area contributed by atoms with Gasteiger partial charge < -0.3 is 14.5 Å². The van der Waals surface area contributed by atoms with Crippen molar-refractivity contribution in [2.75, 3.05) is 39.4 Å². The summed E-state index contributed by atoms with van der Waals surface area (Å²) in [5.74, 6) is 0.821. The first kappa shape index (κ1) is 19.8.